The van der Waals surface area contributed by atoms with E-state index in [1.807, 2.05) is 31.2 Å². The molecule has 18 heavy (non-hydrogen) atoms. The Hall–Kier alpha value is -2.18. The number of nitrogens with zero attached hydrogens (tertiary/aromatic N) is 1. The molecule has 0 radical (unpaired) electrons. The first-order chi connectivity index (χ1) is 8.60. The number of benzene rings is 2. The maximum absolute atomic E-state index is 8.93. The van der Waals surface area contributed by atoms with Crippen LogP contribution < -0.4 is 11.1 Å². The summed E-state index contributed by atoms with van der Waals surface area (Å²) in [6.07, 6.45) is 0. The van der Waals surface area contributed by atoms with Gasteiger partial charge in [0.25, 0.3) is 0 Å². The van der Waals surface area contributed by atoms with E-state index in [2.05, 4.69) is 11.4 Å². The van der Waals surface area contributed by atoms with E-state index >= 15 is 0 Å². The lowest BCUT2D eigenvalue weighted by molar-refractivity contribution is 1.42. The van der Waals surface area contributed by atoms with Crippen molar-refractivity contribution in [1.82, 2.24) is 0 Å². The fraction of sp³-hybridized carbons (Fsp3) is 0.0714. The quantitative estimate of drug-likeness (QED) is 0.804. The van der Waals surface area contributed by atoms with Gasteiger partial charge in [0, 0.05) is 22.1 Å². The highest BCUT2D eigenvalue weighted by atomic mass is 35.5. The molecule has 0 saturated carbocycles. The average molecular weight is 258 g/mol. The summed E-state index contributed by atoms with van der Waals surface area (Å²) in [6.45, 7) is 1.99. The first-order valence-corrected chi connectivity index (χ1v) is 5.81. The zero-order valence-corrected chi connectivity index (χ0v) is 10.6. The third-order valence-corrected chi connectivity index (χ3v) is 2.89. The number of nitrogens with one attached hydrogen (secondary N) is 1. The minimum atomic E-state index is 0.458. The van der Waals surface area contributed by atoms with Crippen LogP contribution in [0.2, 0.25) is 5.02 Å². The fourth-order valence-corrected chi connectivity index (χ4v) is 1.79. The van der Waals surface area contributed by atoms with Crippen LogP contribution in [0.3, 0.4) is 0 Å². The normalized spacial score (nSPS) is 9.83. The number of anilines is 3. The van der Waals surface area contributed by atoms with Crippen LogP contribution in [0.25, 0.3) is 0 Å². The molecule has 3 nitrogen and oxygen atoms in total. The van der Waals surface area contributed by atoms with Crippen LogP contribution in [0.1, 0.15) is 11.1 Å². The zero-order valence-electron chi connectivity index (χ0n) is 9.87. The van der Waals surface area contributed by atoms with Crippen molar-refractivity contribution in [2.75, 3.05) is 11.1 Å². The van der Waals surface area contributed by atoms with E-state index in [0.717, 1.165) is 16.9 Å². The van der Waals surface area contributed by atoms with E-state index in [4.69, 9.17) is 22.6 Å². The minimum Gasteiger partial charge on any atom is -0.398 e. The summed E-state index contributed by atoms with van der Waals surface area (Å²) in [4.78, 5) is 0. The third-order valence-electron chi connectivity index (χ3n) is 2.65. The Morgan fingerprint density at radius 3 is 2.72 bits per heavy atom. The molecule has 0 heterocycles. The molecule has 0 aliphatic carbocycles. The van der Waals surface area contributed by atoms with Crippen LogP contribution in [0, 0.1) is 18.3 Å². The van der Waals surface area contributed by atoms with Crippen molar-refractivity contribution in [1.29, 1.82) is 5.26 Å². The van der Waals surface area contributed by atoms with Gasteiger partial charge in [0.1, 0.15) is 6.07 Å². The van der Waals surface area contributed by atoms with Gasteiger partial charge in [0.2, 0.25) is 0 Å². The molecule has 2 aromatic rings. The number of hydrogen-bond acceptors (Lipinski definition) is 3. The second kappa shape index (κ2) is 4.99. The summed E-state index contributed by atoms with van der Waals surface area (Å²) >= 11 is 5.95. The molecule has 0 fully saturated rings. The fourth-order valence-electron chi connectivity index (χ4n) is 1.62. The van der Waals surface area contributed by atoms with Gasteiger partial charge in [-0.3, -0.25) is 0 Å². The highest BCUT2D eigenvalue weighted by molar-refractivity contribution is 6.30. The zero-order chi connectivity index (χ0) is 13.1. The molecule has 0 aliphatic rings. The first kappa shape index (κ1) is 12.3. The van der Waals surface area contributed by atoms with Crippen molar-refractivity contribution in [3.63, 3.8) is 0 Å². The molecule has 0 atom stereocenters. The molecule has 3 N–H and O–H groups in total. The number of nitrogen functional groups attached to an aromatic ring is 1. The number of hydrogen-bond donors (Lipinski definition) is 2. The minimum absolute atomic E-state index is 0.458. The largest absolute Gasteiger partial charge is 0.398 e. The average Bonchev–Trinajstić information content (AvgIpc) is 2.36. The number of nitrogens with two attached hydrogens (primary N) is 1. The second-order valence-electron chi connectivity index (χ2n) is 4.00. The molecule has 90 valence electrons. The molecule has 0 saturated heterocycles. The Labute approximate surface area is 111 Å². The van der Waals surface area contributed by atoms with Gasteiger partial charge in [-0.2, -0.15) is 5.26 Å². The Morgan fingerprint density at radius 1 is 1.22 bits per heavy atom. The van der Waals surface area contributed by atoms with Crippen molar-refractivity contribution < 1.29 is 0 Å². The van der Waals surface area contributed by atoms with Crippen molar-refractivity contribution in [2.45, 2.75) is 6.92 Å². The predicted molar refractivity (Wildman–Crippen MR) is 75.0 cm³/mol. The van der Waals surface area contributed by atoms with Gasteiger partial charge in [-0.05, 0) is 42.8 Å². The lowest BCUT2D eigenvalue weighted by Crippen LogP contribution is -1.96. The Balaban J connectivity index is 2.34. The second-order valence-corrected chi connectivity index (χ2v) is 4.43. The molecule has 0 amide bonds. The molecule has 0 spiro atoms. The Morgan fingerprint density at radius 2 is 2.00 bits per heavy atom. The van der Waals surface area contributed by atoms with E-state index in [0.29, 0.717) is 16.3 Å². The van der Waals surface area contributed by atoms with Gasteiger partial charge in [-0.1, -0.05) is 17.7 Å². The summed E-state index contributed by atoms with van der Waals surface area (Å²) in [6, 6.07) is 12.9. The first-order valence-electron chi connectivity index (χ1n) is 5.43. The molecule has 2 rings (SSSR count). The molecule has 4 heteroatoms. The summed E-state index contributed by atoms with van der Waals surface area (Å²) in [5.41, 5.74) is 9.41. The summed E-state index contributed by atoms with van der Waals surface area (Å²) in [5, 5.41) is 12.8. The van der Waals surface area contributed by atoms with Gasteiger partial charge in [-0.25, -0.2) is 0 Å². The Bertz CT molecular complexity index is 629. The lowest BCUT2D eigenvalue weighted by atomic mass is 10.1. The van der Waals surface area contributed by atoms with Gasteiger partial charge in [-0.15, -0.1) is 0 Å². The molecular weight excluding hydrogens is 246 g/mol. The van der Waals surface area contributed by atoms with E-state index < -0.39 is 0 Å². The topological polar surface area (TPSA) is 61.8 Å². The highest BCUT2D eigenvalue weighted by Crippen LogP contribution is 2.25. The molecule has 0 bridgehead atoms. The van der Waals surface area contributed by atoms with Gasteiger partial charge < -0.3 is 11.1 Å². The number of aryl methyl sites for hydroxylation is 1. The maximum Gasteiger partial charge on any atom is 0.101 e. The molecule has 2 aromatic carbocycles. The summed E-state index contributed by atoms with van der Waals surface area (Å²) in [5.74, 6) is 0. The number of halogens is 1. The highest BCUT2D eigenvalue weighted by Gasteiger charge is 2.03. The van der Waals surface area contributed by atoms with E-state index in [1.54, 1.807) is 12.1 Å². The molecule has 0 aliphatic heterocycles. The van der Waals surface area contributed by atoms with Crippen LogP contribution in [0.15, 0.2) is 36.4 Å². The van der Waals surface area contributed by atoms with Gasteiger partial charge >= 0.3 is 0 Å². The van der Waals surface area contributed by atoms with Crippen LogP contribution in [0.4, 0.5) is 17.1 Å². The van der Waals surface area contributed by atoms with Crippen molar-refractivity contribution in [3.05, 3.63) is 52.5 Å². The summed E-state index contributed by atoms with van der Waals surface area (Å²) < 4.78 is 0. The van der Waals surface area contributed by atoms with Crippen LogP contribution in [-0.2, 0) is 0 Å². The Kier molecular flexibility index (Phi) is 3.40. The third kappa shape index (κ3) is 2.55. The van der Waals surface area contributed by atoms with Crippen LogP contribution in [-0.4, -0.2) is 0 Å². The van der Waals surface area contributed by atoms with Crippen molar-refractivity contribution >= 4 is 28.7 Å². The molecule has 0 unspecified atom stereocenters. The maximum atomic E-state index is 8.93. The van der Waals surface area contributed by atoms with Gasteiger partial charge in [0.15, 0.2) is 0 Å². The van der Waals surface area contributed by atoms with Crippen LogP contribution in [0.5, 0.6) is 0 Å². The smallest absolute Gasteiger partial charge is 0.101 e. The van der Waals surface area contributed by atoms with Crippen LogP contribution >= 0.6 is 11.6 Å². The van der Waals surface area contributed by atoms with E-state index in [-0.39, 0.29) is 0 Å². The van der Waals surface area contributed by atoms with E-state index in [1.165, 1.54) is 0 Å². The van der Waals surface area contributed by atoms with Gasteiger partial charge in [0.05, 0.1) is 5.56 Å². The summed E-state index contributed by atoms with van der Waals surface area (Å²) in [7, 11) is 0. The lowest BCUT2D eigenvalue weighted by Gasteiger charge is -2.10. The van der Waals surface area contributed by atoms with Crippen molar-refractivity contribution in [3.8, 4) is 6.07 Å². The molecular formula is C14H12ClN3. The number of rotatable bonds is 2. The standard InChI is InChI=1S/C14H12ClN3/c1-9-2-3-11(15)7-14(9)18-12-4-5-13(17)10(6-12)8-16/h2-7,18H,17H2,1H3. The van der Waals surface area contributed by atoms with Crippen molar-refractivity contribution in [2.24, 2.45) is 0 Å². The monoisotopic (exact) mass is 257 g/mol. The van der Waals surface area contributed by atoms with E-state index in [9.17, 15) is 0 Å². The SMILES string of the molecule is Cc1ccc(Cl)cc1Nc1ccc(N)c(C#N)c1. The molecule has 0 aromatic heterocycles. The number of nitriles is 1. The predicted octanol–water partition coefficient (Wildman–Crippen LogP) is 3.85.